The van der Waals surface area contributed by atoms with Gasteiger partial charge in [-0.2, -0.15) is 0 Å². The zero-order chi connectivity index (χ0) is 41.0. The number of aromatic nitrogens is 4. The molecule has 59 heavy (non-hydrogen) atoms. The number of rotatable bonds is 6. The molecule has 8 aromatic rings. The summed E-state index contributed by atoms with van der Waals surface area (Å²) in [5.41, 5.74) is 12.6. The lowest BCUT2D eigenvalue weighted by Gasteiger charge is -2.33. The van der Waals surface area contributed by atoms with E-state index in [1.165, 1.54) is 35.7 Å². The summed E-state index contributed by atoms with van der Waals surface area (Å²) in [7, 11) is 0. The summed E-state index contributed by atoms with van der Waals surface area (Å²) < 4.78 is 2.39. The quantitative estimate of drug-likeness (QED) is 0.127. The van der Waals surface area contributed by atoms with Gasteiger partial charge in [0.15, 0.2) is 0 Å². The molecule has 4 N–H and O–H groups in total. The van der Waals surface area contributed by atoms with Crippen LogP contribution in [0.15, 0.2) is 96.2 Å². The van der Waals surface area contributed by atoms with Crippen LogP contribution in [0.2, 0.25) is 0 Å². The van der Waals surface area contributed by atoms with Crippen LogP contribution in [-0.4, -0.2) is 67.0 Å². The lowest BCUT2D eigenvalue weighted by molar-refractivity contribution is -0.134. The lowest BCUT2D eigenvalue weighted by atomic mass is 9.99. The molecule has 15 heteroatoms. The molecule has 2 aliphatic heterocycles. The van der Waals surface area contributed by atoms with Crippen LogP contribution in [-0.2, 0) is 9.59 Å². The van der Waals surface area contributed by atoms with Gasteiger partial charge in [0.2, 0.25) is 5.91 Å². The summed E-state index contributed by atoms with van der Waals surface area (Å²) in [6.45, 7) is 8.90. The molecule has 300 valence electrons. The van der Waals surface area contributed by atoms with Gasteiger partial charge in [-0.15, -0.1) is 45.3 Å². The molecule has 11 nitrogen and oxygen atoms in total. The van der Waals surface area contributed by atoms with E-state index in [4.69, 9.17) is 9.90 Å². The summed E-state index contributed by atoms with van der Waals surface area (Å²) in [4.78, 5) is 45.4. The number of carboxylic acids is 1. The topological polar surface area (TPSA) is 145 Å². The van der Waals surface area contributed by atoms with E-state index < -0.39 is 5.97 Å². The number of nitrogens with zero attached hydrogens (tertiary/aromatic N) is 5. The van der Waals surface area contributed by atoms with Crippen molar-refractivity contribution >= 4 is 132 Å². The van der Waals surface area contributed by atoms with Crippen molar-refractivity contribution in [1.29, 1.82) is 0 Å². The van der Waals surface area contributed by atoms with E-state index in [-0.39, 0.29) is 11.9 Å². The maximum Gasteiger partial charge on any atom is 0.300 e. The highest BCUT2D eigenvalue weighted by Gasteiger charge is 2.26. The fourth-order valence-corrected chi connectivity index (χ4v) is 10.9. The second-order valence-electron chi connectivity index (χ2n) is 14.2. The summed E-state index contributed by atoms with van der Waals surface area (Å²) in [6, 6.07) is 21.6. The van der Waals surface area contributed by atoms with Crippen molar-refractivity contribution in [2.45, 2.75) is 52.6 Å². The van der Waals surface area contributed by atoms with Crippen molar-refractivity contribution in [3.05, 3.63) is 106 Å². The van der Waals surface area contributed by atoms with Gasteiger partial charge in [-0.1, -0.05) is 12.2 Å². The number of aliphatic carboxylic acids is 1. The average molecular weight is 859 g/mol. The third kappa shape index (κ3) is 9.04. The molecule has 0 saturated carbocycles. The predicted octanol–water partition coefficient (Wildman–Crippen LogP) is 11.2. The van der Waals surface area contributed by atoms with Crippen LogP contribution in [0.5, 0.6) is 0 Å². The van der Waals surface area contributed by atoms with Gasteiger partial charge >= 0.3 is 0 Å². The Morgan fingerprint density at radius 3 is 1.78 bits per heavy atom. The van der Waals surface area contributed by atoms with E-state index >= 15 is 0 Å². The normalized spacial score (nSPS) is 16.5. The maximum absolute atomic E-state index is 12.0. The Hall–Kier alpha value is -5.58. The smallest absolute Gasteiger partial charge is 0.300 e. The van der Waals surface area contributed by atoms with Gasteiger partial charge in [0.1, 0.15) is 9.66 Å². The zero-order valence-corrected chi connectivity index (χ0v) is 36.1. The largest absolute Gasteiger partial charge is 0.481 e. The van der Waals surface area contributed by atoms with Gasteiger partial charge in [0.25, 0.3) is 5.97 Å². The number of anilines is 4. The van der Waals surface area contributed by atoms with Gasteiger partial charge in [-0.05, 0) is 105 Å². The van der Waals surface area contributed by atoms with Crippen LogP contribution >= 0.6 is 45.3 Å². The number of pyridine rings is 2. The van der Waals surface area contributed by atoms with Crippen molar-refractivity contribution in [3.8, 4) is 0 Å². The fraction of sp³-hybridized carbons (Fsp3) is 0.227. The monoisotopic (exact) mass is 858 g/mol. The number of amides is 1. The zero-order valence-electron chi connectivity index (χ0n) is 32.9. The number of hydrogen-bond acceptors (Lipinski definition) is 13. The Labute approximate surface area is 357 Å². The Kier molecular flexibility index (Phi) is 12.1. The molecule has 0 radical (unpaired) electrons. The number of thiophene rings is 2. The number of thiazole rings is 2. The number of hydrogen-bond donors (Lipinski definition) is 4. The van der Waals surface area contributed by atoms with Crippen molar-refractivity contribution in [1.82, 2.24) is 30.2 Å². The van der Waals surface area contributed by atoms with Gasteiger partial charge < -0.3 is 26.0 Å². The second kappa shape index (κ2) is 17.7. The second-order valence-corrected chi connectivity index (χ2v) is 18.0. The van der Waals surface area contributed by atoms with Gasteiger partial charge in [-0.3, -0.25) is 9.59 Å². The molecule has 0 spiro atoms. The number of nitrogens with one attached hydrogen (secondary N) is 3. The summed E-state index contributed by atoms with van der Waals surface area (Å²) >= 11 is 6.76. The first-order valence-electron chi connectivity index (χ1n) is 19.2. The molecule has 2 aliphatic rings. The van der Waals surface area contributed by atoms with E-state index in [1.807, 2.05) is 40.4 Å². The van der Waals surface area contributed by atoms with E-state index in [2.05, 4.69) is 110 Å². The Balaban J connectivity index is 0.000000151. The highest BCUT2D eigenvalue weighted by Crippen LogP contribution is 2.39. The fourth-order valence-electron chi connectivity index (χ4n) is 7.32. The standard InChI is InChI=1S/C22H20N4OS2.C20H18N4S2.C2H4O2/c1-13-16(4-3-9-26(13)14(2)27)21-11-17-18(7-8-23-22(17)29-21)25-15-5-6-20-19(10-15)24-12-28-20;1-12-14(3-2-7-21-12)19-10-15-16(6-8-22-20(15)26-19)24-13-4-5-18-17(9-13)23-11-25-18;1-2(3)4/h4-8,10-13H,3,9H2,1-2H3,(H,23,25);3-6,8-12,21H,2,7H2,1H3,(H,22,24);1H3,(H,3,4). The van der Waals surface area contributed by atoms with Crippen molar-refractivity contribution in [3.63, 3.8) is 0 Å². The molecule has 2 unspecified atom stereocenters. The van der Waals surface area contributed by atoms with E-state index in [0.29, 0.717) is 6.04 Å². The molecule has 2 aromatic carbocycles. The SMILES string of the molecule is CC(=O)N1CCC=C(c2cc3c(Nc4ccc5scnc5c4)ccnc3s2)C1C.CC(=O)O.CC1NCCC=C1c1cc2c(Nc3ccc4scnc4c3)ccnc2s1. The van der Waals surface area contributed by atoms with E-state index in [9.17, 15) is 4.79 Å². The Morgan fingerprint density at radius 1 is 0.729 bits per heavy atom. The molecule has 0 aliphatic carbocycles. The van der Waals surface area contributed by atoms with Crippen LogP contribution in [0.3, 0.4) is 0 Å². The van der Waals surface area contributed by atoms with Crippen LogP contribution in [0, 0.1) is 0 Å². The van der Waals surface area contributed by atoms with Crippen LogP contribution in [0.25, 0.3) is 52.0 Å². The number of carboxylic acid groups (broad SMARTS) is 1. The first-order chi connectivity index (χ1) is 28.6. The van der Waals surface area contributed by atoms with Crippen molar-refractivity contribution in [2.24, 2.45) is 0 Å². The molecule has 6 aromatic heterocycles. The first kappa shape index (κ1) is 40.2. The highest BCUT2D eigenvalue weighted by atomic mass is 32.1. The van der Waals surface area contributed by atoms with E-state index in [0.717, 1.165) is 81.7 Å². The molecular weight excluding hydrogens is 817 g/mol. The van der Waals surface area contributed by atoms with Crippen LogP contribution in [0.1, 0.15) is 50.3 Å². The molecule has 0 saturated heterocycles. The van der Waals surface area contributed by atoms with Gasteiger partial charge in [-0.25, -0.2) is 19.9 Å². The lowest BCUT2D eigenvalue weighted by Crippen LogP contribution is -2.40. The third-order valence-corrected chi connectivity index (χ3v) is 13.9. The first-order valence-corrected chi connectivity index (χ1v) is 22.6. The minimum Gasteiger partial charge on any atom is -0.481 e. The number of fused-ring (bicyclic) bond motifs is 4. The molecular formula is C44H42N8O3S4. The average Bonchev–Trinajstić information content (AvgIpc) is 4.04. The van der Waals surface area contributed by atoms with Crippen LogP contribution < -0.4 is 16.0 Å². The summed E-state index contributed by atoms with van der Waals surface area (Å²) in [5, 5.41) is 20.3. The molecule has 0 bridgehead atoms. The highest BCUT2D eigenvalue weighted by molar-refractivity contribution is 7.20. The van der Waals surface area contributed by atoms with Gasteiger partial charge in [0.05, 0.1) is 48.9 Å². The minimum atomic E-state index is -0.833. The minimum absolute atomic E-state index is 0.0813. The number of carbonyl (C=O) groups excluding carboxylic acids is 1. The van der Waals surface area contributed by atoms with Crippen molar-refractivity contribution in [2.75, 3.05) is 23.7 Å². The van der Waals surface area contributed by atoms with E-state index in [1.54, 1.807) is 52.3 Å². The summed E-state index contributed by atoms with van der Waals surface area (Å²) in [5.74, 6) is -0.706. The predicted molar refractivity (Wildman–Crippen MR) is 248 cm³/mol. The number of carbonyl (C=O) groups is 2. The molecule has 10 rings (SSSR count). The molecule has 1 amide bonds. The molecule has 2 atom stereocenters. The Morgan fingerprint density at radius 2 is 1.25 bits per heavy atom. The summed E-state index contributed by atoms with van der Waals surface area (Å²) in [6.07, 6.45) is 10.3. The maximum atomic E-state index is 12.0. The van der Waals surface area contributed by atoms with Crippen molar-refractivity contribution < 1.29 is 14.7 Å². The van der Waals surface area contributed by atoms with Crippen LogP contribution in [0.4, 0.5) is 22.7 Å². The Bertz CT molecular complexity index is 2870. The molecule has 8 heterocycles. The number of benzene rings is 2. The molecule has 0 fully saturated rings. The third-order valence-electron chi connectivity index (χ3n) is 10.1. The van der Waals surface area contributed by atoms with Gasteiger partial charge in [0, 0.05) is 70.7 Å².